The summed E-state index contributed by atoms with van der Waals surface area (Å²) in [7, 11) is 0. The molecule has 0 aliphatic carbocycles. The minimum Gasteiger partial charge on any atom is -0.436 e. The van der Waals surface area contributed by atoms with Crippen molar-refractivity contribution in [3.63, 3.8) is 0 Å². The second-order valence-corrected chi connectivity index (χ2v) is 5.97. The summed E-state index contributed by atoms with van der Waals surface area (Å²) in [5.41, 5.74) is 3.99. The van der Waals surface area contributed by atoms with Gasteiger partial charge in [-0.25, -0.2) is 4.98 Å². The maximum absolute atomic E-state index is 6.23. The van der Waals surface area contributed by atoms with Crippen LogP contribution in [0.4, 0.5) is 0 Å². The number of aromatic nitrogens is 4. The summed E-state index contributed by atoms with van der Waals surface area (Å²) in [5.74, 6) is 0.441. The second-order valence-electron chi connectivity index (χ2n) is 5.12. The van der Waals surface area contributed by atoms with Gasteiger partial charge in [-0.1, -0.05) is 23.2 Å². The normalized spacial score (nSPS) is 11.3. The molecule has 2 aromatic carbocycles. The number of halogens is 2. The zero-order valence-corrected chi connectivity index (χ0v) is 13.5. The number of aryl methyl sites for hydroxylation is 1. The molecular weight excluding hydrogens is 335 g/mol. The highest BCUT2D eigenvalue weighted by Crippen LogP contribution is 2.33. The molecule has 5 nitrogen and oxygen atoms in total. The Bertz CT molecular complexity index is 1010. The molecule has 0 saturated carbocycles. The van der Waals surface area contributed by atoms with Crippen LogP contribution < -0.4 is 0 Å². The molecule has 0 fully saturated rings. The standard InChI is InChI=1S/C16H10Cl2N4O/c1-9-4-11(22-7-19-20-8-22)6-14-15(9)23-16(21-14)12-5-10(17)2-3-13(12)18/h2-8H,1H3. The summed E-state index contributed by atoms with van der Waals surface area (Å²) >= 11 is 12.3. The first-order valence-electron chi connectivity index (χ1n) is 6.83. The highest BCUT2D eigenvalue weighted by molar-refractivity contribution is 6.35. The van der Waals surface area contributed by atoms with E-state index in [0.717, 1.165) is 16.8 Å². The molecule has 7 heteroatoms. The summed E-state index contributed by atoms with van der Waals surface area (Å²) < 4.78 is 7.71. The van der Waals surface area contributed by atoms with Gasteiger partial charge in [0.25, 0.3) is 0 Å². The van der Waals surface area contributed by atoms with Gasteiger partial charge in [0.1, 0.15) is 18.2 Å². The number of nitrogens with zero attached hydrogens (tertiary/aromatic N) is 4. The lowest BCUT2D eigenvalue weighted by atomic mass is 10.2. The molecular formula is C16H10Cl2N4O. The van der Waals surface area contributed by atoms with Gasteiger partial charge in [0.15, 0.2) is 5.58 Å². The lowest BCUT2D eigenvalue weighted by Gasteiger charge is -2.02. The Morgan fingerprint density at radius 1 is 1.04 bits per heavy atom. The highest BCUT2D eigenvalue weighted by atomic mass is 35.5. The Morgan fingerprint density at radius 3 is 2.61 bits per heavy atom. The van der Waals surface area contributed by atoms with Gasteiger partial charge in [0.2, 0.25) is 5.89 Å². The number of fused-ring (bicyclic) bond motifs is 1. The molecule has 0 bridgehead atoms. The van der Waals surface area contributed by atoms with Gasteiger partial charge >= 0.3 is 0 Å². The lowest BCUT2D eigenvalue weighted by Crippen LogP contribution is -1.91. The molecule has 114 valence electrons. The fourth-order valence-electron chi connectivity index (χ4n) is 2.44. The molecule has 4 aromatic rings. The predicted molar refractivity (Wildman–Crippen MR) is 89.1 cm³/mol. The van der Waals surface area contributed by atoms with Crippen LogP contribution in [0.15, 0.2) is 47.4 Å². The Kier molecular flexibility index (Phi) is 3.32. The fraction of sp³-hybridized carbons (Fsp3) is 0.0625. The summed E-state index contributed by atoms with van der Waals surface area (Å²) in [6.07, 6.45) is 3.27. The molecule has 0 spiro atoms. The van der Waals surface area contributed by atoms with Crippen LogP contribution in [-0.4, -0.2) is 19.7 Å². The molecule has 4 rings (SSSR count). The third kappa shape index (κ3) is 2.48. The zero-order chi connectivity index (χ0) is 16.0. The van der Waals surface area contributed by atoms with E-state index in [9.17, 15) is 0 Å². The van der Waals surface area contributed by atoms with Crippen LogP contribution in [0, 0.1) is 6.92 Å². The number of hydrogen-bond acceptors (Lipinski definition) is 4. The van der Waals surface area contributed by atoms with Gasteiger partial charge in [-0.2, -0.15) is 0 Å². The lowest BCUT2D eigenvalue weighted by molar-refractivity contribution is 0.617. The first-order chi connectivity index (χ1) is 11.1. The fourth-order valence-corrected chi connectivity index (χ4v) is 2.81. The summed E-state index contributed by atoms with van der Waals surface area (Å²) in [4.78, 5) is 4.55. The summed E-state index contributed by atoms with van der Waals surface area (Å²) in [6.45, 7) is 1.96. The maximum Gasteiger partial charge on any atom is 0.228 e. The molecule has 0 radical (unpaired) electrons. The smallest absolute Gasteiger partial charge is 0.228 e. The Balaban J connectivity index is 1.91. The number of oxazole rings is 1. The Hall–Kier alpha value is -2.37. The molecule has 0 N–H and O–H groups in total. The quantitative estimate of drug-likeness (QED) is 0.529. The van der Waals surface area contributed by atoms with Gasteiger partial charge in [0.05, 0.1) is 16.3 Å². The average Bonchev–Trinajstić information content (AvgIpc) is 3.18. The van der Waals surface area contributed by atoms with Crippen molar-refractivity contribution in [3.8, 4) is 17.1 Å². The molecule has 0 saturated heterocycles. The van der Waals surface area contributed by atoms with Crippen molar-refractivity contribution < 1.29 is 4.42 Å². The van der Waals surface area contributed by atoms with Crippen LogP contribution >= 0.6 is 23.2 Å². The van der Waals surface area contributed by atoms with Crippen molar-refractivity contribution >= 4 is 34.3 Å². The van der Waals surface area contributed by atoms with Crippen molar-refractivity contribution in [2.24, 2.45) is 0 Å². The Morgan fingerprint density at radius 2 is 1.83 bits per heavy atom. The zero-order valence-electron chi connectivity index (χ0n) is 12.0. The first kappa shape index (κ1) is 14.2. The van der Waals surface area contributed by atoms with Crippen molar-refractivity contribution in [2.75, 3.05) is 0 Å². The minimum absolute atomic E-state index is 0.441. The Labute approximate surface area is 141 Å². The van der Waals surface area contributed by atoms with Gasteiger partial charge < -0.3 is 4.42 Å². The third-order valence-electron chi connectivity index (χ3n) is 3.54. The molecule has 0 aliphatic heterocycles. The average molecular weight is 345 g/mol. The number of benzene rings is 2. The SMILES string of the molecule is Cc1cc(-n2cnnc2)cc2nc(-c3cc(Cl)ccc3Cl)oc12. The van der Waals surface area contributed by atoms with E-state index in [-0.39, 0.29) is 0 Å². The van der Waals surface area contributed by atoms with Crippen molar-refractivity contribution in [3.05, 3.63) is 58.6 Å². The van der Waals surface area contributed by atoms with E-state index >= 15 is 0 Å². The monoisotopic (exact) mass is 344 g/mol. The molecule has 2 aromatic heterocycles. The van der Waals surface area contributed by atoms with Crippen molar-refractivity contribution in [2.45, 2.75) is 6.92 Å². The van der Waals surface area contributed by atoms with E-state index in [4.69, 9.17) is 27.6 Å². The van der Waals surface area contributed by atoms with Crippen LogP contribution in [0.1, 0.15) is 5.56 Å². The summed E-state index contributed by atoms with van der Waals surface area (Å²) in [5, 5.41) is 8.76. The third-order valence-corrected chi connectivity index (χ3v) is 4.10. The van der Waals surface area contributed by atoms with Gasteiger partial charge in [0, 0.05) is 5.02 Å². The minimum atomic E-state index is 0.441. The highest BCUT2D eigenvalue weighted by Gasteiger charge is 2.15. The van der Waals surface area contributed by atoms with Crippen LogP contribution in [0.2, 0.25) is 10.0 Å². The molecule has 2 heterocycles. The van der Waals surface area contributed by atoms with Gasteiger partial charge in [-0.3, -0.25) is 4.57 Å². The van der Waals surface area contributed by atoms with E-state index in [2.05, 4.69) is 15.2 Å². The summed E-state index contributed by atoms with van der Waals surface area (Å²) in [6, 6.07) is 9.09. The van der Waals surface area contributed by atoms with Crippen LogP contribution in [0.25, 0.3) is 28.2 Å². The van der Waals surface area contributed by atoms with E-state index in [0.29, 0.717) is 27.1 Å². The number of rotatable bonds is 2. The van der Waals surface area contributed by atoms with Gasteiger partial charge in [-0.15, -0.1) is 10.2 Å². The van der Waals surface area contributed by atoms with Crippen molar-refractivity contribution in [1.82, 2.24) is 19.7 Å². The van der Waals surface area contributed by atoms with Gasteiger partial charge in [-0.05, 0) is 42.8 Å². The van der Waals surface area contributed by atoms with Crippen LogP contribution in [0.3, 0.4) is 0 Å². The molecule has 0 amide bonds. The second kappa shape index (κ2) is 5.37. The van der Waals surface area contributed by atoms with Crippen LogP contribution in [0.5, 0.6) is 0 Å². The van der Waals surface area contributed by atoms with E-state index < -0.39 is 0 Å². The molecule has 0 aliphatic rings. The largest absolute Gasteiger partial charge is 0.436 e. The predicted octanol–water partition coefficient (Wildman–Crippen LogP) is 4.69. The van der Waals surface area contributed by atoms with E-state index in [1.807, 2.05) is 23.6 Å². The number of hydrogen-bond donors (Lipinski definition) is 0. The van der Waals surface area contributed by atoms with Crippen molar-refractivity contribution in [1.29, 1.82) is 0 Å². The molecule has 23 heavy (non-hydrogen) atoms. The van der Waals surface area contributed by atoms with E-state index in [1.165, 1.54) is 0 Å². The van der Waals surface area contributed by atoms with E-state index in [1.54, 1.807) is 30.9 Å². The van der Waals surface area contributed by atoms with Crippen LogP contribution in [-0.2, 0) is 0 Å². The molecule has 0 unspecified atom stereocenters. The first-order valence-corrected chi connectivity index (χ1v) is 7.59. The topological polar surface area (TPSA) is 56.7 Å². The maximum atomic E-state index is 6.23. The molecule has 0 atom stereocenters.